The van der Waals surface area contributed by atoms with Gasteiger partial charge in [0.05, 0.1) is 0 Å². The van der Waals surface area contributed by atoms with Gasteiger partial charge in [0.25, 0.3) is 0 Å². The van der Waals surface area contributed by atoms with Gasteiger partial charge in [-0.1, -0.05) is 55.0 Å². The van der Waals surface area contributed by atoms with Crippen LogP contribution in [0.2, 0.25) is 0 Å². The Kier molecular flexibility index (Phi) is 8.48. The number of nitrogen functional groups attached to an aromatic ring is 2. The van der Waals surface area contributed by atoms with E-state index in [-0.39, 0.29) is 11.7 Å². The SMILES string of the molecule is N=C(N)c1ccc(CNCCCCCNCc2ccc(C(=N)N)cc2)cc1. The molecule has 0 bridgehead atoms. The molecule has 0 aliphatic heterocycles. The third-order valence-corrected chi connectivity index (χ3v) is 4.40. The molecule has 0 heterocycles. The molecule has 0 radical (unpaired) electrons. The van der Waals surface area contributed by atoms with E-state index in [1.807, 2.05) is 48.5 Å². The molecule has 0 aromatic heterocycles. The number of benzene rings is 2. The summed E-state index contributed by atoms with van der Waals surface area (Å²) in [6, 6.07) is 15.6. The minimum absolute atomic E-state index is 0.108. The number of unbranched alkanes of at least 4 members (excludes halogenated alkanes) is 2. The molecule has 2 aromatic carbocycles. The second-order valence-corrected chi connectivity index (χ2v) is 6.64. The number of amidine groups is 2. The number of hydrogen-bond acceptors (Lipinski definition) is 4. The Morgan fingerprint density at radius 2 is 1.00 bits per heavy atom. The Morgan fingerprint density at radius 3 is 1.33 bits per heavy atom. The topological polar surface area (TPSA) is 124 Å². The van der Waals surface area contributed by atoms with E-state index in [4.69, 9.17) is 22.3 Å². The molecule has 0 amide bonds. The number of nitrogens with two attached hydrogens (primary N) is 2. The van der Waals surface area contributed by atoms with Crippen LogP contribution in [0, 0.1) is 10.8 Å². The molecule has 8 N–H and O–H groups in total. The lowest BCUT2D eigenvalue weighted by atomic mass is 10.1. The molecule has 0 unspecified atom stereocenters. The summed E-state index contributed by atoms with van der Waals surface area (Å²) in [6.45, 7) is 3.68. The molecule has 0 atom stereocenters. The van der Waals surface area contributed by atoms with Gasteiger partial charge in [-0.2, -0.15) is 0 Å². The van der Waals surface area contributed by atoms with Crippen molar-refractivity contribution in [3.05, 3.63) is 70.8 Å². The van der Waals surface area contributed by atoms with Gasteiger partial charge in [0.2, 0.25) is 0 Å². The van der Waals surface area contributed by atoms with Gasteiger partial charge in [0.1, 0.15) is 11.7 Å². The highest BCUT2D eigenvalue weighted by Gasteiger charge is 1.98. The molecule has 6 nitrogen and oxygen atoms in total. The molecule has 0 fully saturated rings. The van der Waals surface area contributed by atoms with E-state index in [1.54, 1.807) is 0 Å². The molecule has 144 valence electrons. The van der Waals surface area contributed by atoms with Gasteiger partial charge in [-0.05, 0) is 37.1 Å². The standard InChI is InChI=1S/C21H30N6/c22-20(23)18-8-4-16(5-9-18)14-26-12-2-1-3-13-27-15-17-6-10-19(11-7-17)21(24)25/h4-11,26-27H,1-3,12-15H2,(H3,22,23)(H3,24,25). The molecule has 2 aromatic rings. The van der Waals surface area contributed by atoms with E-state index in [2.05, 4.69) is 10.6 Å². The molecular formula is C21H30N6. The lowest BCUT2D eigenvalue weighted by Gasteiger charge is -2.07. The summed E-state index contributed by atoms with van der Waals surface area (Å²) in [6.07, 6.45) is 3.49. The largest absolute Gasteiger partial charge is 0.384 e. The fourth-order valence-electron chi connectivity index (χ4n) is 2.75. The summed E-state index contributed by atoms with van der Waals surface area (Å²) in [5.74, 6) is 0.215. The normalized spacial score (nSPS) is 10.7. The second-order valence-electron chi connectivity index (χ2n) is 6.64. The van der Waals surface area contributed by atoms with Crippen molar-refractivity contribution in [1.29, 1.82) is 10.8 Å². The van der Waals surface area contributed by atoms with Gasteiger partial charge >= 0.3 is 0 Å². The summed E-state index contributed by atoms with van der Waals surface area (Å²) >= 11 is 0. The molecule has 6 heteroatoms. The smallest absolute Gasteiger partial charge is 0.122 e. The van der Waals surface area contributed by atoms with Crippen molar-refractivity contribution in [3.8, 4) is 0 Å². The van der Waals surface area contributed by atoms with Crippen molar-refractivity contribution in [2.24, 2.45) is 11.5 Å². The molecule has 0 aliphatic carbocycles. The minimum atomic E-state index is 0.108. The van der Waals surface area contributed by atoms with Crippen molar-refractivity contribution in [1.82, 2.24) is 10.6 Å². The molecule has 0 spiro atoms. The number of rotatable bonds is 12. The van der Waals surface area contributed by atoms with Gasteiger partial charge < -0.3 is 22.1 Å². The maximum absolute atomic E-state index is 7.39. The monoisotopic (exact) mass is 366 g/mol. The van der Waals surface area contributed by atoms with Crippen molar-refractivity contribution in [2.75, 3.05) is 13.1 Å². The first-order valence-electron chi connectivity index (χ1n) is 9.34. The van der Waals surface area contributed by atoms with Crippen LogP contribution in [0.15, 0.2) is 48.5 Å². The molecule has 27 heavy (non-hydrogen) atoms. The maximum atomic E-state index is 7.39. The molecular weight excluding hydrogens is 336 g/mol. The zero-order valence-corrected chi connectivity index (χ0v) is 15.7. The Morgan fingerprint density at radius 1 is 0.630 bits per heavy atom. The van der Waals surface area contributed by atoms with Crippen LogP contribution in [0.3, 0.4) is 0 Å². The highest BCUT2D eigenvalue weighted by atomic mass is 14.9. The zero-order chi connectivity index (χ0) is 19.5. The predicted octanol–water partition coefficient (Wildman–Crippen LogP) is 2.30. The molecule has 2 rings (SSSR count). The summed E-state index contributed by atoms with van der Waals surface area (Å²) in [5.41, 5.74) is 14.8. The summed E-state index contributed by atoms with van der Waals surface area (Å²) in [4.78, 5) is 0. The average Bonchev–Trinajstić information content (AvgIpc) is 2.67. The summed E-state index contributed by atoms with van der Waals surface area (Å²) < 4.78 is 0. The molecule has 0 saturated carbocycles. The van der Waals surface area contributed by atoms with Crippen molar-refractivity contribution in [3.63, 3.8) is 0 Å². The van der Waals surface area contributed by atoms with Crippen LogP contribution < -0.4 is 22.1 Å². The third kappa shape index (κ3) is 7.60. The lowest BCUT2D eigenvalue weighted by molar-refractivity contribution is 0.572. The highest BCUT2D eigenvalue weighted by molar-refractivity contribution is 5.95. The third-order valence-electron chi connectivity index (χ3n) is 4.40. The Balaban J connectivity index is 1.48. The van der Waals surface area contributed by atoms with Crippen LogP contribution in [0.1, 0.15) is 41.5 Å². The Bertz CT molecular complexity index is 658. The minimum Gasteiger partial charge on any atom is -0.384 e. The van der Waals surface area contributed by atoms with E-state index < -0.39 is 0 Å². The van der Waals surface area contributed by atoms with Crippen LogP contribution in [-0.2, 0) is 13.1 Å². The Hall–Kier alpha value is -2.70. The van der Waals surface area contributed by atoms with Crippen molar-refractivity contribution >= 4 is 11.7 Å². The fourth-order valence-corrected chi connectivity index (χ4v) is 2.75. The van der Waals surface area contributed by atoms with E-state index in [1.165, 1.54) is 17.5 Å². The lowest BCUT2D eigenvalue weighted by Crippen LogP contribution is -2.17. The van der Waals surface area contributed by atoms with Crippen LogP contribution in [-0.4, -0.2) is 24.8 Å². The van der Waals surface area contributed by atoms with E-state index in [0.717, 1.165) is 50.1 Å². The van der Waals surface area contributed by atoms with Crippen LogP contribution in [0.5, 0.6) is 0 Å². The van der Waals surface area contributed by atoms with Crippen LogP contribution in [0.25, 0.3) is 0 Å². The summed E-state index contributed by atoms with van der Waals surface area (Å²) in [5, 5.41) is 21.7. The van der Waals surface area contributed by atoms with Crippen LogP contribution >= 0.6 is 0 Å². The number of nitrogens with one attached hydrogen (secondary N) is 4. The van der Waals surface area contributed by atoms with Gasteiger partial charge in [-0.3, -0.25) is 10.8 Å². The van der Waals surface area contributed by atoms with Crippen molar-refractivity contribution < 1.29 is 0 Å². The summed E-state index contributed by atoms with van der Waals surface area (Å²) in [7, 11) is 0. The maximum Gasteiger partial charge on any atom is 0.122 e. The highest BCUT2D eigenvalue weighted by Crippen LogP contribution is 2.05. The van der Waals surface area contributed by atoms with E-state index in [0.29, 0.717) is 0 Å². The number of hydrogen-bond donors (Lipinski definition) is 6. The molecule has 0 aliphatic rings. The van der Waals surface area contributed by atoms with Gasteiger partial charge in [-0.15, -0.1) is 0 Å². The van der Waals surface area contributed by atoms with Gasteiger partial charge in [-0.25, -0.2) is 0 Å². The van der Waals surface area contributed by atoms with Crippen molar-refractivity contribution in [2.45, 2.75) is 32.4 Å². The van der Waals surface area contributed by atoms with Gasteiger partial charge in [0.15, 0.2) is 0 Å². The molecule has 0 saturated heterocycles. The van der Waals surface area contributed by atoms with E-state index in [9.17, 15) is 0 Å². The zero-order valence-electron chi connectivity index (χ0n) is 15.7. The second kappa shape index (κ2) is 11.1. The average molecular weight is 367 g/mol. The fraction of sp³-hybridized carbons (Fsp3) is 0.333. The quantitative estimate of drug-likeness (QED) is 0.196. The first-order valence-corrected chi connectivity index (χ1v) is 9.34. The van der Waals surface area contributed by atoms with Gasteiger partial charge in [0, 0.05) is 24.2 Å². The first kappa shape index (κ1) is 20.6. The Labute approximate surface area is 161 Å². The first-order chi connectivity index (χ1) is 13.1. The van der Waals surface area contributed by atoms with E-state index >= 15 is 0 Å². The predicted molar refractivity (Wildman–Crippen MR) is 112 cm³/mol. The van der Waals surface area contributed by atoms with Crippen LogP contribution in [0.4, 0.5) is 0 Å².